The van der Waals surface area contributed by atoms with Crippen LogP contribution in [-0.2, 0) is 6.54 Å². The fraction of sp³-hybridized carbons (Fsp3) is 0.200. The fourth-order valence-electron chi connectivity index (χ4n) is 1.45. The molecule has 8 heteroatoms. The van der Waals surface area contributed by atoms with Gasteiger partial charge in [0.25, 0.3) is 6.43 Å². The summed E-state index contributed by atoms with van der Waals surface area (Å²) >= 11 is 0. The van der Waals surface area contributed by atoms with Crippen molar-refractivity contribution in [2.75, 3.05) is 0 Å². The number of aromatic nitrogens is 4. The quantitative estimate of drug-likeness (QED) is 0.890. The van der Waals surface area contributed by atoms with Crippen molar-refractivity contribution >= 4 is 5.97 Å². The molecule has 0 bridgehead atoms. The number of hydrogen-bond acceptors (Lipinski definition) is 4. The van der Waals surface area contributed by atoms with Gasteiger partial charge in [0.2, 0.25) is 0 Å². The van der Waals surface area contributed by atoms with Crippen LogP contribution >= 0.6 is 0 Å². The normalized spacial score (nSPS) is 10.8. The Morgan fingerprint density at radius 2 is 2.22 bits per heavy atom. The van der Waals surface area contributed by atoms with E-state index in [1.807, 2.05) is 0 Å². The number of carbonyl (C=O) groups is 1. The van der Waals surface area contributed by atoms with Crippen LogP contribution in [0.15, 0.2) is 24.4 Å². The van der Waals surface area contributed by atoms with Gasteiger partial charge in [-0.3, -0.25) is 4.98 Å². The van der Waals surface area contributed by atoms with Crippen LogP contribution in [0.5, 0.6) is 0 Å². The lowest BCUT2D eigenvalue weighted by atomic mass is 10.3. The molecule has 2 rings (SSSR count). The summed E-state index contributed by atoms with van der Waals surface area (Å²) in [6.07, 6.45) is -1.46. The maximum atomic E-state index is 12.8. The van der Waals surface area contributed by atoms with Gasteiger partial charge in [0, 0.05) is 6.20 Å². The van der Waals surface area contributed by atoms with Crippen molar-refractivity contribution < 1.29 is 18.7 Å². The van der Waals surface area contributed by atoms with Crippen molar-refractivity contribution in [2.45, 2.75) is 13.0 Å². The zero-order valence-electron chi connectivity index (χ0n) is 8.99. The number of carboxylic acid groups (broad SMARTS) is 1. The van der Waals surface area contributed by atoms with Crippen molar-refractivity contribution in [1.29, 1.82) is 0 Å². The number of rotatable bonds is 4. The molecule has 0 saturated heterocycles. The largest absolute Gasteiger partial charge is 0.476 e. The lowest BCUT2D eigenvalue weighted by molar-refractivity contribution is 0.0675. The molecule has 2 aromatic heterocycles. The Bertz CT molecular complexity index is 556. The average molecular weight is 254 g/mol. The highest BCUT2D eigenvalue weighted by molar-refractivity contribution is 5.86. The molecule has 94 valence electrons. The summed E-state index contributed by atoms with van der Waals surface area (Å²) in [7, 11) is 0. The van der Waals surface area contributed by atoms with Crippen molar-refractivity contribution in [3.05, 3.63) is 41.5 Å². The Hall–Kier alpha value is -2.38. The molecule has 0 aliphatic heterocycles. The summed E-state index contributed by atoms with van der Waals surface area (Å²) in [6.45, 7) is -0.0548. The van der Waals surface area contributed by atoms with Gasteiger partial charge in [-0.1, -0.05) is 11.3 Å². The van der Waals surface area contributed by atoms with E-state index in [1.165, 1.54) is 6.20 Å². The molecule has 0 unspecified atom stereocenters. The predicted molar refractivity (Wildman–Crippen MR) is 55.3 cm³/mol. The van der Waals surface area contributed by atoms with E-state index in [0.717, 1.165) is 4.68 Å². The van der Waals surface area contributed by atoms with Gasteiger partial charge in [-0.05, 0) is 12.1 Å². The molecule has 0 fully saturated rings. The Kier molecular flexibility index (Phi) is 3.26. The first-order chi connectivity index (χ1) is 8.59. The number of alkyl halides is 2. The minimum Gasteiger partial charge on any atom is -0.476 e. The summed E-state index contributed by atoms with van der Waals surface area (Å²) < 4.78 is 26.4. The highest BCUT2D eigenvalue weighted by atomic mass is 19.3. The maximum absolute atomic E-state index is 12.8. The van der Waals surface area contributed by atoms with Crippen LogP contribution in [0.2, 0.25) is 0 Å². The van der Waals surface area contributed by atoms with E-state index in [1.54, 1.807) is 18.2 Å². The number of nitrogens with zero attached hydrogens (tertiary/aromatic N) is 4. The van der Waals surface area contributed by atoms with Gasteiger partial charge in [-0.25, -0.2) is 18.3 Å². The van der Waals surface area contributed by atoms with Gasteiger partial charge >= 0.3 is 5.97 Å². The zero-order chi connectivity index (χ0) is 13.1. The Morgan fingerprint density at radius 3 is 2.78 bits per heavy atom. The summed E-state index contributed by atoms with van der Waals surface area (Å²) in [5.74, 6) is -1.53. The summed E-state index contributed by atoms with van der Waals surface area (Å²) in [4.78, 5) is 14.7. The summed E-state index contributed by atoms with van der Waals surface area (Å²) in [5.41, 5.74) is -0.963. The predicted octanol–water partition coefficient (Wildman–Crippen LogP) is 1.36. The monoisotopic (exact) mass is 254 g/mol. The van der Waals surface area contributed by atoms with E-state index in [-0.39, 0.29) is 6.54 Å². The molecular formula is C10H8F2N4O2. The van der Waals surface area contributed by atoms with E-state index in [9.17, 15) is 13.6 Å². The highest BCUT2D eigenvalue weighted by Crippen LogP contribution is 2.21. The van der Waals surface area contributed by atoms with Gasteiger partial charge in [-0.15, -0.1) is 5.10 Å². The SMILES string of the molecule is O=C(O)c1nnn(Cc2ccccn2)c1C(F)F. The van der Waals surface area contributed by atoms with Gasteiger partial charge < -0.3 is 5.11 Å². The Balaban J connectivity index is 2.37. The van der Waals surface area contributed by atoms with Crippen molar-refractivity contribution in [3.63, 3.8) is 0 Å². The van der Waals surface area contributed by atoms with Crippen LogP contribution in [0.3, 0.4) is 0 Å². The molecule has 18 heavy (non-hydrogen) atoms. The van der Waals surface area contributed by atoms with Crippen molar-refractivity contribution in [3.8, 4) is 0 Å². The molecule has 0 atom stereocenters. The lowest BCUT2D eigenvalue weighted by Crippen LogP contribution is -2.10. The van der Waals surface area contributed by atoms with Crippen LogP contribution in [-0.4, -0.2) is 31.1 Å². The first-order valence-corrected chi connectivity index (χ1v) is 4.94. The second-order valence-electron chi connectivity index (χ2n) is 3.41. The first kappa shape index (κ1) is 12.1. The van der Waals surface area contributed by atoms with Crippen LogP contribution < -0.4 is 0 Å². The second kappa shape index (κ2) is 4.86. The van der Waals surface area contributed by atoms with Crippen molar-refractivity contribution in [2.24, 2.45) is 0 Å². The van der Waals surface area contributed by atoms with E-state index < -0.39 is 23.8 Å². The first-order valence-electron chi connectivity index (χ1n) is 4.94. The number of pyridine rings is 1. The van der Waals surface area contributed by atoms with E-state index in [0.29, 0.717) is 5.69 Å². The van der Waals surface area contributed by atoms with E-state index in [2.05, 4.69) is 15.3 Å². The van der Waals surface area contributed by atoms with Gasteiger partial charge in [0.05, 0.1) is 12.2 Å². The minimum atomic E-state index is -2.96. The molecule has 0 amide bonds. The topological polar surface area (TPSA) is 80.9 Å². The standard InChI is InChI=1S/C10H8F2N4O2/c11-9(12)8-7(10(17)18)14-15-16(8)5-6-3-1-2-4-13-6/h1-4,9H,5H2,(H,17,18). The Labute approximate surface area is 99.9 Å². The number of aromatic carboxylic acids is 1. The van der Waals surface area contributed by atoms with E-state index >= 15 is 0 Å². The molecule has 0 radical (unpaired) electrons. The van der Waals surface area contributed by atoms with Crippen LogP contribution in [0.4, 0.5) is 8.78 Å². The zero-order valence-corrected chi connectivity index (χ0v) is 8.99. The number of carboxylic acids is 1. The van der Waals surface area contributed by atoms with Gasteiger partial charge in [0.15, 0.2) is 5.69 Å². The third-order valence-electron chi connectivity index (χ3n) is 2.22. The molecule has 0 saturated carbocycles. The minimum absolute atomic E-state index is 0.0548. The number of hydrogen-bond donors (Lipinski definition) is 1. The molecular weight excluding hydrogens is 246 g/mol. The Morgan fingerprint density at radius 1 is 1.44 bits per heavy atom. The molecule has 0 aliphatic rings. The summed E-state index contributed by atoms with van der Waals surface area (Å²) in [5, 5.41) is 15.4. The third kappa shape index (κ3) is 2.31. The fourth-order valence-corrected chi connectivity index (χ4v) is 1.45. The van der Waals surface area contributed by atoms with Crippen LogP contribution in [0.1, 0.15) is 28.3 Å². The maximum Gasteiger partial charge on any atom is 0.358 e. The smallest absolute Gasteiger partial charge is 0.358 e. The lowest BCUT2D eigenvalue weighted by Gasteiger charge is -2.05. The molecule has 0 spiro atoms. The number of halogens is 2. The van der Waals surface area contributed by atoms with Crippen LogP contribution in [0, 0.1) is 0 Å². The molecule has 0 aliphatic carbocycles. The molecule has 2 heterocycles. The molecule has 2 aromatic rings. The highest BCUT2D eigenvalue weighted by Gasteiger charge is 2.26. The second-order valence-corrected chi connectivity index (χ2v) is 3.41. The molecule has 1 N–H and O–H groups in total. The van der Waals surface area contributed by atoms with E-state index in [4.69, 9.17) is 5.11 Å². The summed E-state index contributed by atoms with van der Waals surface area (Å²) in [6, 6.07) is 5.00. The molecule has 0 aromatic carbocycles. The molecule has 6 nitrogen and oxygen atoms in total. The average Bonchev–Trinajstić information content (AvgIpc) is 2.74. The van der Waals surface area contributed by atoms with Gasteiger partial charge in [-0.2, -0.15) is 0 Å². The van der Waals surface area contributed by atoms with Crippen LogP contribution in [0.25, 0.3) is 0 Å². The van der Waals surface area contributed by atoms with Gasteiger partial charge in [0.1, 0.15) is 5.69 Å². The van der Waals surface area contributed by atoms with Crippen molar-refractivity contribution in [1.82, 2.24) is 20.0 Å². The third-order valence-corrected chi connectivity index (χ3v) is 2.22.